The number of carbonyl (C=O) groups excluding carboxylic acids is 2. The highest BCUT2D eigenvalue weighted by atomic mass is 35.5. The molecule has 1 N–H and O–H groups in total. The van der Waals surface area contributed by atoms with E-state index in [-0.39, 0.29) is 23.7 Å². The van der Waals surface area contributed by atoms with E-state index in [1.54, 1.807) is 4.90 Å². The minimum atomic E-state index is -0.395. The summed E-state index contributed by atoms with van der Waals surface area (Å²) in [5.74, 6) is 0.107. The second-order valence-electron chi connectivity index (χ2n) is 8.43. The van der Waals surface area contributed by atoms with E-state index in [0.29, 0.717) is 43.7 Å². The third-order valence-electron chi connectivity index (χ3n) is 6.44. The molecule has 2 saturated heterocycles. The van der Waals surface area contributed by atoms with E-state index in [2.05, 4.69) is 11.4 Å². The van der Waals surface area contributed by atoms with E-state index < -0.39 is 5.92 Å². The Morgan fingerprint density at radius 3 is 2.75 bits per heavy atom. The number of nitrogens with one attached hydrogen (secondary N) is 1. The number of carbonyl (C=O) groups is 2. The lowest BCUT2D eigenvalue weighted by molar-refractivity contribution is -0.126. The Hall–Kier alpha value is -2.57. The zero-order valence-electron chi connectivity index (χ0n) is 18.3. The van der Waals surface area contributed by atoms with Gasteiger partial charge in [-0.25, -0.2) is 0 Å². The first-order chi connectivity index (χ1) is 15.5. The fraction of sp³-hybridized carbons (Fsp3) is 0.440. The van der Waals surface area contributed by atoms with Gasteiger partial charge in [0, 0.05) is 43.2 Å². The van der Waals surface area contributed by atoms with Crippen LogP contribution in [0.15, 0.2) is 48.5 Å². The lowest BCUT2D eigenvalue weighted by atomic mass is 9.74. The van der Waals surface area contributed by atoms with Crippen LogP contribution in [0.3, 0.4) is 0 Å². The lowest BCUT2D eigenvalue weighted by Gasteiger charge is -2.38. The van der Waals surface area contributed by atoms with Gasteiger partial charge in [0.25, 0.3) is 0 Å². The predicted octanol–water partition coefficient (Wildman–Crippen LogP) is 3.96. The second-order valence-corrected chi connectivity index (χ2v) is 8.86. The number of amides is 2. The zero-order chi connectivity index (χ0) is 22.6. The first kappa shape index (κ1) is 22.6. The molecule has 1 atom stereocenters. The Kier molecular flexibility index (Phi) is 7.01. The average molecular weight is 457 g/mol. The Morgan fingerprint density at radius 1 is 1.22 bits per heavy atom. The highest BCUT2D eigenvalue weighted by Crippen LogP contribution is 2.36. The van der Waals surface area contributed by atoms with Crippen molar-refractivity contribution in [3.05, 3.63) is 59.1 Å². The summed E-state index contributed by atoms with van der Waals surface area (Å²) in [6.07, 6.45) is 1.82. The first-order valence-electron chi connectivity index (χ1n) is 11.2. The molecule has 4 rings (SSSR count). The molecule has 0 aromatic heterocycles. The van der Waals surface area contributed by atoms with E-state index in [9.17, 15) is 9.59 Å². The molecule has 0 radical (unpaired) electrons. The number of anilines is 1. The van der Waals surface area contributed by atoms with Gasteiger partial charge in [-0.3, -0.25) is 9.59 Å². The topological polar surface area (TPSA) is 67.9 Å². The molecule has 2 aliphatic heterocycles. The van der Waals surface area contributed by atoms with Gasteiger partial charge < -0.3 is 19.7 Å². The molecule has 170 valence electrons. The van der Waals surface area contributed by atoms with Gasteiger partial charge in [-0.2, -0.15) is 0 Å². The molecule has 2 aromatic rings. The summed E-state index contributed by atoms with van der Waals surface area (Å²) in [4.78, 5) is 27.5. The summed E-state index contributed by atoms with van der Waals surface area (Å²) < 4.78 is 11.3. The Bertz CT molecular complexity index is 974. The Labute approximate surface area is 193 Å². The molecule has 32 heavy (non-hydrogen) atoms. The fourth-order valence-electron chi connectivity index (χ4n) is 4.62. The fourth-order valence-corrected chi connectivity index (χ4v) is 4.81. The van der Waals surface area contributed by atoms with Gasteiger partial charge in [-0.05, 0) is 49.6 Å². The smallest absolute Gasteiger partial charge is 0.227 e. The molecule has 0 saturated carbocycles. The van der Waals surface area contributed by atoms with Crippen LogP contribution in [0.5, 0.6) is 5.75 Å². The molecule has 2 amide bonds. The second kappa shape index (κ2) is 9.92. The van der Waals surface area contributed by atoms with Crippen molar-refractivity contribution in [3.63, 3.8) is 0 Å². The number of hydrogen-bond donors (Lipinski definition) is 1. The van der Waals surface area contributed by atoms with Crippen molar-refractivity contribution in [2.24, 2.45) is 5.92 Å². The minimum Gasteiger partial charge on any atom is -0.492 e. The molecule has 0 bridgehead atoms. The van der Waals surface area contributed by atoms with Crippen LogP contribution in [-0.4, -0.2) is 44.7 Å². The van der Waals surface area contributed by atoms with Gasteiger partial charge in [0.2, 0.25) is 11.8 Å². The molecular weight excluding hydrogens is 428 g/mol. The minimum absolute atomic E-state index is 0.0621. The average Bonchev–Trinajstić information content (AvgIpc) is 3.20. The van der Waals surface area contributed by atoms with Gasteiger partial charge in [0.15, 0.2) is 0 Å². The van der Waals surface area contributed by atoms with Crippen LogP contribution in [0.2, 0.25) is 5.02 Å². The Balaban J connectivity index is 1.45. The van der Waals surface area contributed by atoms with Crippen LogP contribution < -0.4 is 15.0 Å². The quantitative estimate of drug-likeness (QED) is 0.684. The van der Waals surface area contributed by atoms with Gasteiger partial charge >= 0.3 is 0 Å². The van der Waals surface area contributed by atoms with Crippen LogP contribution >= 0.6 is 11.6 Å². The highest BCUT2D eigenvalue weighted by molar-refractivity contribution is 6.30. The van der Waals surface area contributed by atoms with Crippen molar-refractivity contribution >= 4 is 29.1 Å². The first-order valence-corrected chi connectivity index (χ1v) is 11.5. The molecule has 0 aliphatic carbocycles. The summed E-state index contributed by atoms with van der Waals surface area (Å²) in [6, 6.07) is 15.3. The van der Waals surface area contributed by atoms with Gasteiger partial charge in [-0.1, -0.05) is 35.9 Å². The molecule has 7 heteroatoms. The standard InChI is InChI=1S/C25H29ClN2O4/c1-2-32-22-9-4-3-8-21(22)28-16-18(14-23(28)29)24(30)27-17-25(10-12-31-13-11-25)19-6-5-7-20(26)15-19/h3-9,15,18H,2,10-14,16-17H2,1H3,(H,27,30). The van der Waals surface area contributed by atoms with E-state index in [1.165, 1.54) is 0 Å². The molecule has 6 nitrogen and oxygen atoms in total. The largest absolute Gasteiger partial charge is 0.492 e. The van der Waals surface area contributed by atoms with Crippen LogP contribution in [0.4, 0.5) is 5.69 Å². The van der Waals surface area contributed by atoms with Crippen molar-refractivity contribution in [3.8, 4) is 5.75 Å². The van der Waals surface area contributed by atoms with E-state index in [0.717, 1.165) is 24.1 Å². The Morgan fingerprint density at radius 2 is 2.00 bits per heavy atom. The predicted molar refractivity (Wildman–Crippen MR) is 124 cm³/mol. The van der Waals surface area contributed by atoms with Crippen LogP contribution in [0.25, 0.3) is 0 Å². The summed E-state index contributed by atoms with van der Waals surface area (Å²) in [5.41, 5.74) is 1.61. The monoisotopic (exact) mass is 456 g/mol. The van der Waals surface area contributed by atoms with E-state index >= 15 is 0 Å². The number of benzene rings is 2. The third kappa shape index (κ3) is 4.76. The van der Waals surface area contributed by atoms with Crippen molar-refractivity contribution in [2.45, 2.75) is 31.6 Å². The zero-order valence-corrected chi connectivity index (χ0v) is 19.1. The maximum atomic E-state index is 13.1. The summed E-state index contributed by atoms with van der Waals surface area (Å²) in [6.45, 7) is 4.56. The number of ether oxygens (including phenoxy) is 2. The summed E-state index contributed by atoms with van der Waals surface area (Å²) >= 11 is 6.25. The normalized spacial score (nSPS) is 20.2. The maximum absolute atomic E-state index is 13.1. The SMILES string of the molecule is CCOc1ccccc1N1CC(C(=O)NCC2(c3cccc(Cl)c3)CCOCC2)CC1=O. The molecular formula is C25H29ClN2O4. The van der Waals surface area contributed by atoms with Crippen LogP contribution in [-0.2, 0) is 19.7 Å². The maximum Gasteiger partial charge on any atom is 0.227 e. The molecule has 2 aliphatic rings. The number of hydrogen-bond acceptors (Lipinski definition) is 4. The summed E-state index contributed by atoms with van der Waals surface area (Å²) in [5, 5.41) is 3.82. The number of halogens is 1. The van der Waals surface area contributed by atoms with Gasteiger partial charge in [0.1, 0.15) is 5.75 Å². The van der Waals surface area contributed by atoms with Gasteiger partial charge in [0.05, 0.1) is 18.2 Å². The summed E-state index contributed by atoms with van der Waals surface area (Å²) in [7, 11) is 0. The van der Waals surface area contributed by atoms with Crippen LogP contribution in [0, 0.1) is 5.92 Å². The lowest BCUT2D eigenvalue weighted by Crippen LogP contribution is -2.46. The van der Waals surface area contributed by atoms with E-state index in [1.807, 2.05) is 49.4 Å². The number of para-hydroxylation sites is 2. The molecule has 2 heterocycles. The molecule has 1 unspecified atom stereocenters. The number of rotatable bonds is 7. The van der Waals surface area contributed by atoms with Crippen LogP contribution in [0.1, 0.15) is 31.7 Å². The highest BCUT2D eigenvalue weighted by Gasteiger charge is 2.39. The van der Waals surface area contributed by atoms with Crippen molar-refractivity contribution < 1.29 is 19.1 Å². The third-order valence-corrected chi connectivity index (χ3v) is 6.67. The van der Waals surface area contributed by atoms with E-state index in [4.69, 9.17) is 21.1 Å². The molecule has 2 fully saturated rings. The number of nitrogens with zero attached hydrogens (tertiary/aromatic N) is 1. The van der Waals surface area contributed by atoms with Crippen molar-refractivity contribution in [1.82, 2.24) is 5.32 Å². The van der Waals surface area contributed by atoms with Gasteiger partial charge in [-0.15, -0.1) is 0 Å². The molecule has 2 aromatic carbocycles. The molecule has 0 spiro atoms. The van der Waals surface area contributed by atoms with Crippen molar-refractivity contribution in [1.29, 1.82) is 0 Å². The van der Waals surface area contributed by atoms with Crippen molar-refractivity contribution in [2.75, 3.05) is 37.8 Å².